The Morgan fingerprint density at radius 1 is 1.15 bits per heavy atom. The number of hydrogen-bond acceptors (Lipinski definition) is 3. The smallest absolute Gasteiger partial charge is 0.262 e. The van der Waals surface area contributed by atoms with Crippen LogP contribution in [-0.4, -0.2) is 19.6 Å². The van der Waals surface area contributed by atoms with Crippen LogP contribution in [0.4, 0.5) is 5.69 Å². The van der Waals surface area contributed by atoms with Crippen LogP contribution in [0.15, 0.2) is 48.5 Å². The Hall–Kier alpha value is -2.20. The van der Waals surface area contributed by atoms with Crippen LogP contribution in [-0.2, 0) is 4.79 Å². The Morgan fingerprint density at radius 2 is 1.90 bits per heavy atom. The highest BCUT2D eigenvalue weighted by molar-refractivity contribution is 6.33. The summed E-state index contributed by atoms with van der Waals surface area (Å²) in [4.78, 5) is 11.8. The van der Waals surface area contributed by atoms with Gasteiger partial charge in [0.15, 0.2) is 6.61 Å². The highest BCUT2D eigenvalue weighted by atomic mass is 35.5. The largest absolute Gasteiger partial charge is 0.497 e. The molecule has 0 aliphatic carbocycles. The topological polar surface area (TPSA) is 47.6 Å². The van der Waals surface area contributed by atoms with E-state index in [0.717, 1.165) is 0 Å². The van der Waals surface area contributed by atoms with Gasteiger partial charge >= 0.3 is 0 Å². The van der Waals surface area contributed by atoms with Crippen LogP contribution in [0.5, 0.6) is 11.5 Å². The second-order valence-corrected chi connectivity index (χ2v) is 4.40. The third-order valence-corrected chi connectivity index (χ3v) is 2.88. The number of carbonyl (C=O) groups is 1. The average molecular weight is 292 g/mol. The number of rotatable bonds is 5. The lowest BCUT2D eigenvalue weighted by Gasteiger charge is -2.09. The van der Waals surface area contributed by atoms with E-state index >= 15 is 0 Å². The van der Waals surface area contributed by atoms with Crippen LogP contribution in [0.25, 0.3) is 0 Å². The van der Waals surface area contributed by atoms with Crippen molar-refractivity contribution < 1.29 is 14.3 Å². The molecule has 0 saturated heterocycles. The van der Waals surface area contributed by atoms with Crippen molar-refractivity contribution in [3.8, 4) is 11.5 Å². The highest BCUT2D eigenvalue weighted by Gasteiger charge is 2.07. The van der Waals surface area contributed by atoms with E-state index in [1.54, 1.807) is 37.4 Å². The van der Waals surface area contributed by atoms with Crippen molar-refractivity contribution in [3.63, 3.8) is 0 Å². The maximum Gasteiger partial charge on any atom is 0.262 e. The molecule has 104 valence electrons. The van der Waals surface area contributed by atoms with Gasteiger partial charge < -0.3 is 14.8 Å². The summed E-state index contributed by atoms with van der Waals surface area (Å²) in [5.74, 6) is 0.998. The molecule has 20 heavy (non-hydrogen) atoms. The first kappa shape index (κ1) is 14.2. The molecule has 1 N–H and O–H groups in total. The van der Waals surface area contributed by atoms with Crippen LogP contribution < -0.4 is 14.8 Å². The van der Waals surface area contributed by atoms with Crippen molar-refractivity contribution in [2.45, 2.75) is 0 Å². The molecule has 5 heteroatoms. The first-order valence-electron chi connectivity index (χ1n) is 6.00. The first-order chi connectivity index (χ1) is 9.69. The molecule has 4 nitrogen and oxygen atoms in total. The summed E-state index contributed by atoms with van der Waals surface area (Å²) in [6, 6.07) is 14.2. The number of nitrogens with one attached hydrogen (secondary N) is 1. The van der Waals surface area contributed by atoms with E-state index in [2.05, 4.69) is 5.32 Å². The van der Waals surface area contributed by atoms with Crippen molar-refractivity contribution in [1.29, 1.82) is 0 Å². The summed E-state index contributed by atoms with van der Waals surface area (Å²) in [6.45, 7) is -0.0770. The summed E-state index contributed by atoms with van der Waals surface area (Å²) in [6.07, 6.45) is 0. The lowest BCUT2D eigenvalue weighted by Crippen LogP contribution is -2.20. The second-order valence-electron chi connectivity index (χ2n) is 4.00. The molecule has 0 unspecified atom stereocenters. The van der Waals surface area contributed by atoms with Gasteiger partial charge in [0, 0.05) is 6.07 Å². The number of hydrogen-bond donors (Lipinski definition) is 1. The zero-order valence-corrected chi connectivity index (χ0v) is 11.7. The highest BCUT2D eigenvalue weighted by Crippen LogP contribution is 2.26. The van der Waals surface area contributed by atoms with Gasteiger partial charge in [0.25, 0.3) is 5.91 Å². The second kappa shape index (κ2) is 6.82. The molecule has 0 aliphatic heterocycles. The van der Waals surface area contributed by atoms with E-state index in [4.69, 9.17) is 21.1 Å². The monoisotopic (exact) mass is 291 g/mol. The fraction of sp³-hybridized carbons (Fsp3) is 0.133. The quantitative estimate of drug-likeness (QED) is 0.919. The normalized spacial score (nSPS) is 9.90. The number of halogens is 1. The number of carbonyl (C=O) groups excluding carboxylic acids is 1. The minimum absolute atomic E-state index is 0.0770. The fourth-order valence-corrected chi connectivity index (χ4v) is 1.79. The van der Waals surface area contributed by atoms with Gasteiger partial charge in [-0.2, -0.15) is 0 Å². The Balaban J connectivity index is 1.91. The standard InChI is InChI=1S/C15H14ClNO3/c1-19-12-7-8-14(13(16)9-12)17-15(18)10-20-11-5-3-2-4-6-11/h2-9H,10H2,1H3,(H,17,18). The van der Waals surface area contributed by atoms with E-state index in [1.807, 2.05) is 18.2 Å². The van der Waals surface area contributed by atoms with Gasteiger partial charge in [-0.25, -0.2) is 0 Å². The van der Waals surface area contributed by atoms with E-state index in [-0.39, 0.29) is 12.5 Å². The van der Waals surface area contributed by atoms with Gasteiger partial charge in [-0.15, -0.1) is 0 Å². The third-order valence-electron chi connectivity index (χ3n) is 2.56. The molecule has 0 fully saturated rings. The minimum Gasteiger partial charge on any atom is -0.497 e. The number of anilines is 1. The summed E-state index contributed by atoms with van der Waals surface area (Å²) < 4.78 is 10.4. The van der Waals surface area contributed by atoms with Gasteiger partial charge in [-0.1, -0.05) is 29.8 Å². The van der Waals surface area contributed by atoms with Gasteiger partial charge in [0.05, 0.1) is 17.8 Å². The number of para-hydroxylation sites is 1. The minimum atomic E-state index is -0.277. The van der Waals surface area contributed by atoms with Crippen LogP contribution >= 0.6 is 11.6 Å². The molecule has 0 bridgehead atoms. The SMILES string of the molecule is COc1ccc(NC(=O)COc2ccccc2)c(Cl)c1. The van der Waals surface area contributed by atoms with Gasteiger partial charge in [0.2, 0.25) is 0 Å². The predicted octanol–water partition coefficient (Wildman–Crippen LogP) is 3.37. The zero-order chi connectivity index (χ0) is 14.4. The zero-order valence-electron chi connectivity index (χ0n) is 10.9. The van der Waals surface area contributed by atoms with Crippen LogP contribution in [0.1, 0.15) is 0 Å². The summed E-state index contributed by atoms with van der Waals surface area (Å²) in [5.41, 5.74) is 0.522. The molecule has 0 heterocycles. The van der Waals surface area contributed by atoms with Crippen molar-refractivity contribution in [2.75, 3.05) is 19.0 Å². The average Bonchev–Trinajstić information content (AvgIpc) is 2.48. The van der Waals surface area contributed by atoms with Gasteiger partial charge in [0.1, 0.15) is 11.5 Å². The lowest BCUT2D eigenvalue weighted by molar-refractivity contribution is -0.118. The molecule has 0 saturated carbocycles. The van der Waals surface area contributed by atoms with Crippen LogP contribution in [0.2, 0.25) is 5.02 Å². The summed E-state index contributed by atoms with van der Waals surface area (Å²) in [7, 11) is 1.55. The third kappa shape index (κ3) is 3.90. The molecule has 0 spiro atoms. The predicted molar refractivity (Wildman–Crippen MR) is 78.6 cm³/mol. The van der Waals surface area contributed by atoms with Gasteiger partial charge in [-0.3, -0.25) is 4.79 Å². The maximum absolute atomic E-state index is 11.8. The Labute approximate surface area is 122 Å². The van der Waals surface area contributed by atoms with E-state index in [0.29, 0.717) is 22.2 Å². The molecular weight excluding hydrogens is 278 g/mol. The first-order valence-corrected chi connectivity index (χ1v) is 6.38. The molecule has 0 aromatic heterocycles. The molecule has 2 rings (SSSR count). The molecule has 0 radical (unpaired) electrons. The van der Waals surface area contributed by atoms with Crippen LogP contribution in [0.3, 0.4) is 0 Å². The summed E-state index contributed by atoms with van der Waals surface area (Å²) in [5, 5.41) is 3.09. The fourth-order valence-electron chi connectivity index (χ4n) is 1.58. The number of methoxy groups -OCH3 is 1. The Bertz CT molecular complexity index is 587. The number of benzene rings is 2. The van der Waals surface area contributed by atoms with Crippen molar-refractivity contribution in [2.24, 2.45) is 0 Å². The Kier molecular flexibility index (Phi) is 4.85. The molecular formula is C15H14ClNO3. The van der Waals surface area contributed by atoms with E-state index < -0.39 is 0 Å². The van der Waals surface area contributed by atoms with Crippen LogP contribution in [0, 0.1) is 0 Å². The molecule has 0 aliphatic rings. The van der Waals surface area contributed by atoms with E-state index in [1.165, 1.54) is 0 Å². The molecule has 1 amide bonds. The lowest BCUT2D eigenvalue weighted by atomic mass is 10.3. The molecule has 0 atom stereocenters. The summed E-state index contributed by atoms with van der Waals surface area (Å²) >= 11 is 6.03. The van der Waals surface area contributed by atoms with Crippen molar-refractivity contribution >= 4 is 23.2 Å². The number of amides is 1. The van der Waals surface area contributed by atoms with E-state index in [9.17, 15) is 4.79 Å². The molecule has 2 aromatic carbocycles. The van der Waals surface area contributed by atoms with Crippen molar-refractivity contribution in [1.82, 2.24) is 0 Å². The van der Waals surface area contributed by atoms with Gasteiger partial charge in [-0.05, 0) is 24.3 Å². The number of ether oxygens (including phenoxy) is 2. The maximum atomic E-state index is 11.8. The van der Waals surface area contributed by atoms with Crippen molar-refractivity contribution in [3.05, 3.63) is 53.6 Å². The Morgan fingerprint density at radius 3 is 2.55 bits per heavy atom. The molecule has 2 aromatic rings.